The first kappa shape index (κ1) is 19.3. The Balaban J connectivity index is 1.61. The van der Waals surface area contributed by atoms with E-state index in [9.17, 15) is 4.79 Å². The molecule has 1 aromatic heterocycles. The molecule has 1 aliphatic heterocycles. The van der Waals surface area contributed by atoms with Gasteiger partial charge < -0.3 is 15.1 Å². The van der Waals surface area contributed by atoms with Gasteiger partial charge in [-0.05, 0) is 41.8 Å². The maximum Gasteiger partial charge on any atom is 0.276 e. The first-order valence-corrected chi connectivity index (χ1v) is 9.60. The van der Waals surface area contributed by atoms with E-state index >= 15 is 0 Å². The molecule has 0 bridgehead atoms. The second-order valence-electron chi connectivity index (χ2n) is 7.98. The van der Waals surface area contributed by atoms with Crippen molar-refractivity contribution in [2.45, 2.75) is 33.1 Å². The zero-order valence-corrected chi connectivity index (χ0v) is 16.7. The van der Waals surface area contributed by atoms with E-state index in [1.165, 1.54) is 5.56 Å². The summed E-state index contributed by atoms with van der Waals surface area (Å²) < 4.78 is 0. The third-order valence-corrected chi connectivity index (χ3v) is 5.04. The number of carbonyl (C=O) groups is 1. The minimum Gasteiger partial charge on any atom is -0.353 e. The number of amides is 1. The fraction of sp³-hybridized carbons (Fsp3) is 0.476. The van der Waals surface area contributed by atoms with Crippen LogP contribution in [0.5, 0.6) is 0 Å². The summed E-state index contributed by atoms with van der Waals surface area (Å²) in [6, 6.07) is 11.6. The van der Waals surface area contributed by atoms with E-state index in [1.54, 1.807) is 6.07 Å². The number of anilines is 2. The van der Waals surface area contributed by atoms with E-state index in [-0.39, 0.29) is 11.3 Å². The molecule has 6 heteroatoms. The first-order chi connectivity index (χ1) is 12.9. The van der Waals surface area contributed by atoms with Gasteiger partial charge in [0.05, 0.1) is 0 Å². The van der Waals surface area contributed by atoms with Crippen molar-refractivity contribution in [3.63, 3.8) is 0 Å². The maximum atomic E-state index is 12.4. The Morgan fingerprint density at radius 3 is 2.19 bits per heavy atom. The fourth-order valence-corrected chi connectivity index (χ4v) is 3.16. The minimum atomic E-state index is -0.242. The number of benzene rings is 1. The van der Waals surface area contributed by atoms with Crippen LogP contribution in [0.25, 0.3) is 0 Å². The van der Waals surface area contributed by atoms with Crippen LogP contribution >= 0.6 is 0 Å². The van der Waals surface area contributed by atoms with Crippen LogP contribution in [0.4, 0.5) is 11.5 Å². The third kappa shape index (κ3) is 4.83. The highest BCUT2D eigenvalue weighted by Crippen LogP contribution is 2.23. The van der Waals surface area contributed by atoms with E-state index in [4.69, 9.17) is 0 Å². The molecule has 6 nitrogen and oxygen atoms in total. The fourth-order valence-electron chi connectivity index (χ4n) is 3.16. The van der Waals surface area contributed by atoms with E-state index in [1.807, 2.05) is 30.3 Å². The van der Waals surface area contributed by atoms with Crippen molar-refractivity contribution in [3.8, 4) is 0 Å². The number of aromatic nitrogens is 2. The standard InChI is InChI=1S/C21H29N5O/c1-5-25-12-14-26(15-13-25)19-11-10-18(23-24-19)20(27)22-17-8-6-16(7-9-17)21(2,3)4/h6-11H,5,12-15H2,1-4H3,(H,22,27). The SMILES string of the molecule is CCN1CCN(c2ccc(C(=O)Nc3ccc(C(C)(C)C)cc3)nn2)CC1. The molecule has 1 N–H and O–H groups in total. The second kappa shape index (κ2) is 8.05. The molecular weight excluding hydrogens is 338 g/mol. The lowest BCUT2D eigenvalue weighted by atomic mass is 9.87. The number of likely N-dealkylation sites (N-methyl/N-ethyl adjacent to an activating group) is 1. The van der Waals surface area contributed by atoms with Gasteiger partial charge in [-0.25, -0.2) is 0 Å². The van der Waals surface area contributed by atoms with Gasteiger partial charge >= 0.3 is 0 Å². The highest BCUT2D eigenvalue weighted by atomic mass is 16.1. The van der Waals surface area contributed by atoms with Gasteiger partial charge in [0.15, 0.2) is 11.5 Å². The van der Waals surface area contributed by atoms with Crippen molar-refractivity contribution in [1.82, 2.24) is 15.1 Å². The molecule has 0 unspecified atom stereocenters. The lowest BCUT2D eigenvalue weighted by Gasteiger charge is -2.34. The molecule has 0 saturated carbocycles. The number of hydrogen-bond donors (Lipinski definition) is 1. The molecule has 1 aromatic carbocycles. The summed E-state index contributed by atoms with van der Waals surface area (Å²) in [7, 11) is 0. The molecule has 2 heterocycles. The summed E-state index contributed by atoms with van der Waals surface area (Å²) in [5, 5.41) is 11.3. The minimum absolute atomic E-state index is 0.0897. The molecular formula is C21H29N5O. The van der Waals surface area contributed by atoms with Gasteiger partial charge in [0.2, 0.25) is 0 Å². The van der Waals surface area contributed by atoms with Crippen LogP contribution < -0.4 is 10.2 Å². The van der Waals surface area contributed by atoms with Gasteiger partial charge in [-0.2, -0.15) is 0 Å². The highest BCUT2D eigenvalue weighted by molar-refractivity contribution is 6.02. The normalized spacial score (nSPS) is 15.6. The molecule has 27 heavy (non-hydrogen) atoms. The van der Waals surface area contributed by atoms with Crippen LogP contribution in [0.15, 0.2) is 36.4 Å². The molecule has 0 aliphatic carbocycles. The molecule has 1 amide bonds. The molecule has 0 spiro atoms. The second-order valence-corrected chi connectivity index (χ2v) is 7.98. The molecule has 1 aliphatic rings. The maximum absolute atomic E-state index is 12.4. The van der Waals surface area contributed by atoms with Crippen molar-refractivity contribution < 1.29 is 4.79 Å². The number of carbonyl (C=O) groups excluding carboxylic acids is 1. The van der Waals surface area contributed by atoms with Crippen LogP contribution in [0.2, 0.25) is 0 Å². The Labute approximate surface area is 161 Å². The molecule has 1 saturated heterocycles. The van der Waals surface area contributed by atoms with Gasteiger partial charge in [0.25, 0.3) is 5.91 Å². The van der Waals surface area contributed by atoms with Crippen LogP contribution in [-0.2, 0) is 5.41 Å². The Morgan fingerprint density at radius 2 is 1.67 bits per heavy atom. The number of nitrogens with zero attached hydrogens (tertiary/aromatic N) is 4. The summed E-state index contributed by atoms with van der Waals surface area (Å²) in [5.74, 6) is 0.588. The third-order valence-electron chi connectivity index (χ3n) is 5.04. The summed E-state index contributed by atoms with van der Waals surface area (Å²) in [5.41, 5.74) is 2.40. The van der Waals surface area contributed by atoms with E-state index in [0.29, 0.717) is 5.69 Å². The van der Waals surface area contributed by atoms with Crippen molar-refractivity contribution in [3.05, 3.63) is 47.7 Å². The first-order valence-electron chi connectivity index (χ1n) is 9.60. The molecule has 144 valence electrons. The van der Waals surface area contributed by atoms with Gasteiger partial charge in [-0.3, -0.25) is 4.79 Å². The van der Waals surface area contributed by atoms with E-state index in [2.05, 4.69) is 53.0 Å². The van der Waals surface area contributed by atoms with E-state index < -0.39 is 0 Å². The van der Waals surface area contributed by atoms with Crippen molar-refractivity contribution in [2.24, 2.45) is 0 Å². The van der Waals surface area contributed by atoms with Gasteiger partial charge in [0, 0.05) is 31.9 Å². The van der Waals surface area contributed by atoms with E-state index in [0.717, 1.165) is 44.2 Å². The van der Waals surface area contributed by atoms with Crippen LogP contribution in [0.3, 0.4) is 0 Å². The van der Waals surface area contributed by atoms with Crippen LogP contribution in [0, 0.1) is 0 Å². The van der Waals surface area contributed by atoms with Crippen molar-refractivity contribution >= 4 is 17.4 Å². The molecule has 2 aromatic rings. The lowest BCUT2D eigenvalue weighted by molar-refractivity contribution is 0.102. The average molecular weight is 367 g/mol. The largest absolute Gasteiger partial charge is 0.353 e. The molecule has 3 rings (SSSR count). The quantitative estimate of drug-likeness (QED) is 0.899. The summed E-state index contributed by atoms with van der Waals surface area (Å²) >= 11 is 0. The topological polar surface area (TPSA) is 61.4 Å². The molecule has 1 fully saturated rings. The zero-order valence-electron chi connectivity index (χ0n) is 16.7. The lowest BCUT2D eigenvalue weighted by Crippen LogP contribution is -2.46. The van der Waals surface area contributed by atoms with Gasteiger partial charge in [0.1, 0.15) is 0 Å². The van der Waals surface area contributed by atoms with Gasteiger partial charge in [-0.15, -0.1) is 10.2 Å². The molecule has 0 atom stereocenters. The Kier molecular flexibility index (Phi) is 5.75. The zero-order chi connectivity index (χ0) is 19.4. The number of rotatable bonds is 4. The molecule has 0 radical (unpaired) electrons. The van der Waals surface area contributed by atoms with Crippen LogP contribution in [-0.4, -0.2) is 53.7 Å². The summed E-state index contributed by atoms with van der Waals surface area (Å²) in [4.78, 5) is 17.1. The number of nitrogens with one attached hydrogen (secondary N) is 1. The summed E-state index contributed by atoms with van der Waals surface area (Å²) in [6.07, 6.45) is 0. The van der Waals surface area contributed by atoms with Crippen molar-refractivity contribution in [2.75, 3.05) is 42.9 Å². The predicted molar refractivity (Wildman–Crippen MR) is 109 cm³/mol. The van der Waals surface area contributed by atoms with Crippen LogP contribution in [0.1, 0.15) is 43.7 Å². The number of hydrogen-bond acceptors (Lipinski definition) is 5. The van der Waals surface area contributed by atoms with Crippen molar-refractivity contribution in [1.29, 1.82) is 0 Å². The Bertz CT molecular complexity index is 757. The Hall–Kier alpha value is -2.47. The van der Waals surface area contributed by atoms with Gasteiger partial charge in [-0.1, -0.05) is 39.8 Å². The smallest absolute Gasteiger partial charge is 0.276 e. The Morgan fingerprint density at radius 1 is 1.00 bits per heavy atom. The monoisotopic (exact) mass is 367 g/mol. The summed E-state index contributed by atoms with van der Waals surface area (Å²) in [6.45, 7) is 13.7. The highest BCUT2D eigenvalue weighted by Gasteiger charge is 2.18. The number of piperazine rings is 1. The average Bonchev–Trinajstić information content (AvgIpc) is 2.68. The predicted octanol–water partition coefficient (Wildman–Crippen LogP) is 3.17.